The lowest BCUT2D eigenvalue weighted by Gasteiger charge is -2.43. The summed E-state index contributed by atoms with van der Waals surface area (Å²) in [6, 6.07) is 13.3. The van der Waals surface area contributed by atoms with E-state index in [1.54, 1.807) is 11.2 Å². The number of nitrogens with zero attached hydrogens (tertiary/aromatic N) is 8. The Labute approximate surface area is 343 Å². The summed E-state index contributed by atoms with van der Waals surface area (Å²) in [6.45, 7) is 10.4. The number of hydrogen-bond acceptors (Lipinski definition) is 11. The number of aromatic amines is 1. The van der Waals surface area contributed by atoms with Gasteiger partial charge in [-0.1, -0.05) is 6.07 Å². The molecule has 1 saturated carbocycles. The molecule has 0 spiro atoms. The second-order valence-electron chi connectivity index (χ2n) is 17.9. The van der Waals surface area contributed by atoms with Crippen molar-refractivity contribution in [2.45, 2.75) is 82.1 Å². The Morgan fingerprint density at radius 2 is 1.66 bits per heavy atom. The molecule has 4 aromatic rings. The number of likely N-dealkylation sites (tertiary alicyclic amines) is 1. The largest absolute Gasteiger partial charge is 0.488 e. The number of fused-ring (bicyclic) bond motifs is 2. The van der Waals surface area contributed by atoms with Crippen LogP contribution in [0, 0.1) is 5.92 Å². The first-order chi connectivity index (χ1) is 28.6. The van der Waals surface area contributed by atoms with Crippen LogP contribution < -0.4 is 19.9 Å². The van der Waals surface area contributed by atoms with Crippen molar-refractivity contribution in [2.75, 3.05) is 75.2 Å². The predicted octanol–water partition coefficient (Wildman–Crippen LogP) is 4.55. The van der Waals surface area contributed by atoms with Crippen LogP contribution in [0.5, 0.6) is 5.75 Å². The van der Waals surface area contributed by atoms with Crippen LogP contribution in [0.4, 0.5) is 15.9 Å². The number of imide groups is 1. The van der Waals surface area contributed by atoms with E-state index < -0.39 is 11.7 Å². The third-order valence-corrected chi connectivity index (χ3v) is 13.7. The lowest BCUT2D eigenvalue weighted by atomic mass is 9.90. The van der Waals surface area contributed by atoms with Crippen LogP contribution in [0.25, 0.3) is 22.3 Å². The van der Waals surface area contributed by atoms with E-state index in [0.717, 1.165) is 130 Å². The number of carbonyl (C=O) groups excluding carboxylic acids is 3. The van der Waals surface area contributed by atoms with Crippen LogP contribution >= 0.6 is 0 Å². The Morgan fingerprint density at radius 3 is 2.42 bits per heavy atom. The predicted molar refractivity (Wildman–Crippen MR) is 221 cm³/mol. The molecule has 1 unspecified atom stereocenters. The SMILES string of the molecule is CC1(Oc2ccc3n[nH]c(-c4cc(N5CCN(CC6(F)CCN(CC7CCN(c8cccc9c8CN(C8CCC(=O)NC8=O)C9=O)CC7)CC6)CC5)ncn4)c3c2)CC1. The highest BCUT2D eigenvalue weighted by Crippen LogP contribution is 2.41. The summed E-state index contributed by atoms with van der Waals surface area (Å²) in [5, 5.41) is 11.1. The first-order valence-corrected chi connectivity index (χ1v) is 21.5. The quantitative estimate of drug-likeness (QED) is 0.218. The highest BCUT2D eigenvalue weighted by atomic mass is 19.1. The summed E-state index contributed by atoms with van der Waals surface area (Å²) >= 11 is 0. The zero-order valence-electron chi connectivity index (χ0n) is 33.8. The Morgan fingerprint density at radius 1 is 0.864 bits per heavy atom. The number of rotatable bonds is 10. The highest BCUT2D eigenvalue weighted by molar-refractivity contribution is 6.06. The Hall–Kier alpha value is -5.15. The number of nitrogens with one attached hydrogen (secondary N) is 2. The molecule has 0 bridgehead atoms. The van der Waals surface area contributed by atoms with Gasteiger partial charge < -0.3 is 24.3 Å². The van der Waals surface area contributed by atoms with Gasteiger partial charge in [-0.25, -0.2) is 14.4 Å². The van der Waals surface area contributed by atoms with Gasteiger partial charge in [0, 0.05) is 107 Å². The van der Waals surface area contributed by atoms with Crippen molar-refractivity contribution in [1.29, 1.82) is 0 Å². The van der Waals surface area contributed by atoms with Gasteiger partial charge in [0.25, 0.3) is 5.91 Å². The maximum atomic E-state index is 16.4. The summed E-state index contributed by atoms with van der Waals surface area (Å²) in [4.78, 5) is 57.9. The molecule has 2 N–H and O–H groups in total. The number of piperazine rings is 1. The zero-order chi connectivity index (χ0) is 40.3. The fraction of sp³-hybridized carbons (Fsp3) is 0.545. The summed E-state index contributed by atoms with van der Waals surface area (Å²) in [7, 11) is 0. The van der Waals surface area contributed by atoms with E-state index >= 15 is 4.39 Å². The smallest absolute Gasteiger partial charge is 0.255 e. The Balaban J connectivity index is 0.684. The van der Waals surface area contributed by atoms with E-state index in [9.17, 15) is 14.4 Å². The monoisotopic (exact) mass is 804 g/mol. The number of anilines is 2. The number of hydrogen-bond donors (Lipinski definition) is 2. The average Bonchev–Trinajstić information content (AvgIpc) is 3.66. The second-order valence-corrected chi connectivity index (χ2v) is 17.9. The topological polar surface area (TPSA) is 143 Å². The standard InChI is InChI=1S/C44H53FN10O4/c1-43(11-12-43)59-30-5-6-34-32(23-30)40(50-49-34)35-24-38(47-28-46-35)54-21-19-52(20-22-54)27-44(45)13-17-51(18-14-44)25-29-9-15-53(16-10-29)36-4-2-3-31-33(36)26-55(42(31)58)37-7-8-39(56)48-41(37)57/h2-6,23-24,28-29,37H,7-22,25-27H2,1H3,(H,49,50)(H,48,56,57). The van der Waals surface area contributed by atoms with Crippen molar-refractivity contribution in [3.8, 4) is 17.1 Å². The summed E-state index contributed by atoms with van der Waals surface area (Å²) < 4.78 is 22.6. The van der Waals surface area contributed by atoms with Crippen LogP contribution in [-0.4, -0.2) is 135 Å². The molecule has 4 saturated heterocycles. The maximum Gasteiger partial charge on any atom is 0.255 e. The maximum absolute atomic E-state index is 16.4. The van der Waals surface area contributed by atoms with E-state index in [4.69, 9.17) is 4.74 Å². The Bertz CT molecular complexity index is 2250. The zero-order valence-corrected chi connectivity index (χ0v) is 33.8. The van der Waals surface area contributed by atoms with E-state index in [2.05, 4.69) is 58.1 Å². The Kier molecular flexibility index (Phi) is 9.78. The van der Waals surface area contributed by atoms with Gasteiger partial charge in [0.1, 0.15) is 35.2 Å². The number of carbonyl (C=O) groups is 3. The number of halogens is 1. The van der Waals surface area contributed by atoms with Crippen molar-refractivity contribution < 1.29 is 23.5 Å². The van der Waals surface area contributed by atoms with Crippen LogP contribution in [0.3, 0.4) is 0 Å². The van der Waals surface area contributed by atoms with Crippen LogP contribution in [0.2, 0.25) is 0 Å². The van der Waals surface area contributed by atoms with Crippen molar-refractivity contribution in [2.24, 2.45) is 5.92 Å². The van der Waals surface area contributed by atoms with Gasteiger partial charge >= 0.3 is 0 Å². The molecule has 1 aliphatic carbocycles. The lowest BCUT2D eigenvalue weighted by molar-refractivity contribution is -0.136. The van der Waals surface area contributed by atoms with E-state index in [0.29, 0.717) is 43.8 Å². The van der Waals surface area contributed by atoms with Gasteiger partial charge in [-0.05, 0) is 88.1 Å². The normalized spacial score (nSPS) is 23.8. The number of piperidine rings is 3. The molecule has 0 radical (unpaired) electrons. The minimum Gasteiger partial charge on any atom is -0.488 e. The van der Waals surface area contributed by atoms with Crippen molar-refractivity contribution >= 4 is 40.1 Å². The summed E-state index contributed by atoms with van der Waals surface area (Å²) in [5.74, 6) is 1.45. The van der Waals surface area contributed by atoms with E-state index in [1.807, 2.05) is 36.4 Å². The second kappa shape index (κ2) is 15.1. The molecule has 2 aromatic carbocycles. The molecule has 310 valence electrons. The number of aromatic nitrogens is 4. The van der Waals surface area contributed by atoms with Gasteiger partial charge in [-0.2, -0.15) is 5.10 Å². The number of H-pyrrole nitrogens is 1. The molecule has 59 heavy (non-hydrogen) atoms. The number of ether oxygens (including phenoxy) is 1. The molecular formula is C44H53FN10O4. The third-order valence-electron chi connectivity index (χ3n) is 13.7. The van der Waals surface area contributed by atoms with Gasteiger partial charge in [-0.15, -0.1) is 0 Å². The van der Waals surface area contributed by atoms with Gasteiger partial charge in [0.05, 0.1) is 16.9 Å². The fourth-order valence-corrected chi connectivity index (χ4v) is 9.88. The minimum absolute atomic E-state index is 0.0629. The number of amides is 3. The molecule has 7 heterocycles. The van der Waals surface area contributed by atoms with Crippen molar-refractivity contribution in [3.05, 3.63) is 59.9 Å². The van der Waals surface area contributed by atoms with Gasteiger partial charge in [0.2, 0.25) is 11.8 Å². The highest BCUT2D eigenvalue weighted by Gasteiger charge is 2.42. The molecule has 10 rings (SSSR count). The molecule has 5 aliphatic heterocycles. The number of benzene rings is 2. The average molecular weight is 805 g/mol. The lowest BCUT2D eigenvalue weighted by Crippen LogP contribution is -2.54. The van der Waals surface area contributed by atoms with Crippen LogP contribution in [0.15, 0.2) is 48.8 Å². The van der Waals surface area contributed by atoms with E-state index in [-0.39, 0.29) is 29.7 Å². The molecule has 1 atom stereocenters. The summed E-state index contributed by atoms with van der Waals surface area (Å²) in [6.07, 6.45) is 7.55. The molecule has 5 fully saturated rings. The summed E-state index contributed by atoms with van der Waals surface area (Å²) in [5.41, 5.74) is 3.95. The molecular weight excluding hydrogens is 752 g/mol. The van der Waals surface area contributed by atoms with Crippen molar-refractivity contribution in [1.82, 2.24) is 40.2 Å². The first kappa shape index (κ1) is 38.1. The first-order valence-electron chi connectivity index (χ1n) is 21.5. The minimum atomic E-state index is -1.18. The van der Waals surface area contributed by atoms with Crippen LogP contribution in [-0.2, 0) is 16.1 Å². The molecule has 2 aromatic heterocycles. The molecule has 6 aliphatic rings. The van der Waals surface area contributed by atoms with Gasteiger partial charge in [0.15, 0.2) is 0 Å². The molecule has 3 amide bonds. The van der Waals surface area contributed by atoms with Crippen molar-refractivity contribution in [3.63, 3.8) is 0 Å². The molecule has 15 heteroatoms. The third kappa shape index (κ3) is 7.74. The van der Waals surface area contributed by atoms with E-state index in [1.165, 1.54) is 0 Å². The van der Waals surface area contributed by atoms with Crippen LogP contribution in [0.1, 0.15) is 74.2 Å². The fourth-order valence-electron chi connectivity index (χ4n) is 9.88. The van der Waals surface area contributed by atoms with Gasteiger partial charge in [-0.3, -0.25) is 29.7 Å². The number of alkyl halides is 1. The molecule has 14 nitrogen and oxygen atoms in total.